The second kappa shape index (κ2) is 6.09. The maximum atomic E-state index is 11.9. The van der Waals surface area contributed by atoms with Crippen LogP contribution in [-0.4, -0.2) is 41.9 Å². The highest BCUT2D eigenvalue weighted by Gasteiger charge is 2.37. The molecule has 5 nitrogen and oxygen atoms in total. The topological polar surface area (TPSA) is 67.6 Å². The molecule has 1 fully saturated rings. The number of hydrogen-bond donors (Lipinski definition) is 2. The zero-order valence-corrected chi connectivity index (χ0v) is 13.0. The molecule has 1 amide bonds. The molecule has 3 N–H and O–H groups in total. The maximum Gasteiger partial charge on any atom is 0.409 e. The minimum Gasteiger partial charge on any atom is -0.444 e. The molecule has 1 aliphatic rings. The van der Waals surface area contributed by atoms with Gasteiger partial charge in [0, 0.05) is 12.6 Å². The van der Waals surface area contributed by atoms with Crippen molar-refractivity contribution in [3.63, 3.8) is 0 Å². The lowest BCUT2D eigenvalue weighted by Crippen LogP contribution is -2.63. The summed E-state index contributed by atoms with van der Waals surface area (Å²) in [5.41, 5.74) is 5.19. The van der Waals surface area contributed by atoms with E-state index in [1.807, 2.05) is 20.8 Å². The van der Waals surface area contributed by atoms with Crippen molar-refractivity contribution in [2.45, 2.75) is 70.7 Å². The van der Waals surface area contributed by atoms with Gasteiger partial charge in [-0.25, -0.2) is 4.79 Å². The van der Waals surface area contributed by atoms with Crippen molar-refractivity contribution < 1.29 is 9.53 Å². The number of rotatable bonds is 3. The van der Waals surface area contributed by atoms with E-state index in [4.69, 9.17) is 10.5 Å². The first kappa shape index (κ1) is 16.2. The van der Waals surface area contributed by atoms with E-state index in [9.17, 15) is 4.79 Å². The van der Waals surface area contributed by atoms with E-state index in [-0.39, 0.29) is 0 Å². The summed E-state index contributed by atoms with van der Waals surface area (Å²) >= 11 is 0. The smallest absolute Gasteiger partial charge is 0.409 e. The second-order valence-electron chi connectivity index (χ2n) is 6.66. The van der Waals surface area contributed by atoms with Gasteiger partial charge in [0.15, 0.2) is 0 Å². The Kier molecular flexibility index (Phi) is 5.21. The Labute approximate surface area is 116 Å². The van der Waals surface area contributed by atoms with Crippen molar-refractivity contribution in [1.29, 1.82) is 0 Å². The predicted molar refractivity (Wildman–Crippen MR) is 76.8 cm³/mol. The molecule has 5 heteroatoms. The third kappa shape index (κ3) is 5.37. The van der Waals surface area contributed by atoms with Gasteiger partial charge < -0.3 is 20.7 Å². The normalized spacial score (nSPS) is 29.1. The van der Waals surface area contributed by atoms with Crippen LogP contribution in [0.15, 0.2) is 0 Å². The molecule has 0 aliphatic carbocycles. The van der Waals surface area contributed by atoms with Gasteiger partial charge in [-0.3, -0.25) is 0 Å². The van der Waals surface area contributed by atoms with Crippen LogP contribution in [0.4, 0.5) is 4.79 Å². The Hall–Kier alpha value is -0.810. The average Bonchev–Trinajstić information content (AvgIpc) is 2.21. The van der Waals surface area contributed by atoms with E-state index in [0.717, 1.165) is 32.2 Å². The number of nitrogens with one attached hydrogen (secondary N) is 1. The molecule has 0 spiro atoms. The molecule has 112 valence electrons. The second-order valence-corrected chi connectivity index (χ2v) is 6.66. The fraction of sp³-hybridized carbons (Fsp3) is 0.929. The summed E-state index contributed by atoms with van der Waals surface area (Å²) in [7, 11) is 2.12. The molecular formula is C14H29N3O2. The van der Waals surface area contributed by atoms with Crippen molar-refractivity contribution >= 4 is 6.09 Å². The molecular weight excluding hydrogens is 242 g/mol. The van der Waals surface area contributed by atoms with E-state index in [0.29, 0.717) is 6.04 Å². The summed E-state index contributed by atoms with van der Waals surface area (Å²) < 4.78 is 5.28. The van der Waals surface area contributed by atoms with Crippen LogP contribution in [-0.2, 0) is 4.74 Å². The lowest BCUT2D eigenvalue weighted by Gasteiger charge is -2.43. The monoisotopic (exact) mass is 271 g/mol. The van der Waals surface area contributed by atoms with Gasteiger partial charge in [-0.2, -0.15) is 0 Å². The van der Waals surface area contributed by atoms with Gasteiger partial charge in [0.25, 0.3) is 0 Å². The summed E-state index contributed by atoms with van der Waals surface area (Å²) in [5, 5.41) is 2.85. The number of carbonyl (C=O) groups excluding carboxylic acids is 1. The van der Waals surface area contributed by atoms with Gasteiger partial charge in [0.05, 0.1) is 5.66 Å². The number of ether oxygens (including phenoxy) is 1. The van der Waals surface area contributed by atoms with Gasteiger partial charge in [-0.05, 0) is 47.1 Å². The van der Waals surface area contributed by atoms with E-state index in [1.165, 1.54) is 0 Å². The van der Waals surface area contributed by atoms with Gasteiger partial charge in [-0.15, -0.1) is 0 Å². The van der Waals surface area contributed by atoms with Crippen LogP contribution >= 0.6 is 0 Å². The van der Waals surface area contributed by atoms with Crippen LogP contribution in [0, 0.1) is 0 Å². The quantitative estimate of drug-likeness (QED) is 0.771. The first-order valence-corrected chi connectivity index (χ1v) is 7.15. The number of likely N-dealkylation sites (tertiary alicyclic amines) is 1. The van der Waals surface area contributed by atoms with Crippen LogP contribution in [0.1, 0.15) is 53.4 Å². The standard InChI is InChI=1S/C14H29N3O2/c1-6-7-11-10-14(15,8-9-17(11)5)16-12(18)19-13(2,3)4/h11H,6-10,15H2,1-5H3,(H,16,18). The number of piperidine rings is 1. The summed E-state index contributed by atoms with van der Waals surface area (Å²) in [4.78, 5) is 14.2. The lowest BCUT2D eigenvalue weighted by atomic mass is 9.89. The zero-order chi connectivity index (χ0) is 14.7. The van der Waals surface area contributed by atoms with E-state index in [2.05, 4.69) is 24.2 Å². The van der Waals surface area contributed by atoms with E-state index in [1.54, 1.807) is 0 Å². The maximum absolute atomic E-state index is 11.9. The van der Waals surface area contributed by atoms with Gasteiger partial charge in [-0.1, -0.05) is 13.3 Å². The molecule has 2 unspecified atom stereocenters. The van der Waals surface area contributed by atoms with Crippen molar-refractivity contribution in [3.05, 3.63) is 0 Å². The highest BCUT2D eigenvalue weighted by atomic mass is 16.6. The summed E-state index contributed by atoms with van der Waals surface area (Å²) in [5.74, 6) is 0. The van der Waals surface area contributed by atoms with E-state index >= 15 is 0 Å². The minimum absolute atomic E-state index is 0.421. The minimum atomic E-state index is -0.644. The van der Waals surface area contributed by atoms with Crippen LogP contribution in [0.2, 0.25) is 0 Å². The molecule has 1 heterocycles. The third-order valence-corrected chi connectivity index (χ3v) is 3.51. The van der Waals surface area contributed by atoms with E-state index < -0.39 is 17.4 Å². The Morgan fingerprint density at radius 2 is 2.16 bits per heavy atom. The average molecular weight is 271 g/mol. The number of carbonyl (C=O) groups is 1. The molecule has 0 aromatic carbocycles. The molecule has 0 aromatic heterocycles. The van der Waals surface area contributed by atoms with Crippen LogP contribution in [0.5, 0.6) is 0 Å². The first-order chi connectivity index (χ1) is 8.65. The summed E-state index contributed by atoms with van der Waals surface area (Å²) in [6.07, 6.45) is 3.33. The number of nitrogens with two attached hydrogens (primary N) is 1. The van der Waals surface area contributed by atoms with Gasteiger partial charge >= 0.3 is 6.09 Å². The lowest BCUT2D eigenvalue weighted by molar-refractivity contribution is 0.0338. The summed E-state index contributed by atoms with van der Waals surface area (Å²) in [6.45, 7) is 8.62. The van der Waals surface area contributed by atoms with Crippen LogP contribution < -0.4 is 11.1 Å². The molecule has 0 aromatic rings. The molecule has 0 saturated carbocycles. The molecule has 1 rings (SSSR count). The zero-order valence-electron chi connectivity index (χ0n) is 13.0. The predicted octanol–water partition coefficient (Wildman–Crippen LogP) is 2.06. The van der Waals surface area contributed by atoms with Crippen molar-refractivity contribution in [2.75, 3.05) is 13.6 Å². The fourth-order valence-electron chi connectivity index (χ4n) is 2.51. The molecule has 0 bridgehead atoms. The number of nitrogens with zero attached hydrogens (tertiary/aromatic N) is 1. The largest absolute Gasteiger partial charge is 0.444 e. The molecule has 19 heavy (non-hydrogen) atoms. The number of alkyl carbamates (subject to hydrolysis) is 1. The number of amides is 1. The Balaban J connectivity index is 2.58. The summed E-state index contributed by atoms with van der Waals surface area (Å²) in [6, 6.07) is 0.429. The van der Waals surface area contributed by atoms with Gasteiger partial charge in [0.1, 0.15) is 5.60 Å². The Morgan fingerprint density at radius 3 is 2.68 bits per heavy atom. The highest BCUT2D eigenvalue weighted by Crippen LogP contribution is 2.25. The third-order valence-electron chi connectivity index (χ3n) is 3.51. The molecule has 1 aliphatic heterocycles. The van der Waals surface area contributed by atoms with Crippen molar-refractivity contribution in [3.8, 4) is 0 Å². The van der Waals surface area contributed by atoms with Crippen LogP contribution in [0.3, 0.4) is 0 Å². The Morgan fingerprint density at radius 1 is 1.53 bits per heavy atom. The highest BCUT2D eigenvalue weighted by molar-refractivity contribution is 5.68. The molecule has 2 atom stereocenters. The fourth-order valence-corrected chi connectivity index (χ4v) is 2.51. The number of hydrogen-bond acceptors (Lipinski definition) is 4. The van der Waals surface area contributed by atoms with Crippen molar-refractivity contribution in [1.82, 2.24) is 10.2 Å². The SMILES string of the molecule is CCCC1CC(N)(NC(=O)OC(C)(C)C)CCN1C. The van der Waals surface area contributed by atoms with Gasteiger partial charge in [0.2, 0.25) is 0 Å². The Bertz CT molecular complexity index is 314. The molecule has 0 radical (unpaired) electrons. The van der Waals surface area contributed by atoms with Crippen LogP contribution in [0.25, 0.3) is 0 Å². The first-order valence-electron chi connectivity index (χ1n) is 7.15. The molecule has 1 saturated heterocycles. The van der Waals surface area contributed by atoms with Crippen molar-refractivity contribution in [2.24, 2.45) is 5.73 Å².